The number of rotatable bonds is 1. The molecule has 0 aliphatic heterocycles. The molecule has 0 unspecified atom stereocenters. The Bertz CT molecular complexity index is 96.3. The quantitative estimate of drug-likeness (QED) is 0.354. The maximum absolute atomic E-state index is 5.36. The van der Waals surface area contributed by atoms with Crippen molar-refractivity contribution in [3.05, 3.63) is 23.2 Å². The van der Waals surface area contributed by atoms with Gasteiger partial charge in [-0.05, 0) is 13.8 Å². The molecule has 0 aliphatic carbocycles. The third kappa shape index (κ3) is 5.54. The fraction of sp³-hybridized carbons (Fsp3) is 0.429. The summed E-state index contributed by atoms with van der Waals surface area (Å²) in [5.41, 5.74) is 2.13. The number of allylic oxidation sites excluding steroid dienone is 4. The Labute approximate surface area is 52.7 Å². The topological polar surface area (TPSA) is 0 Å². The first-order chi connectivity index (χ1) is 3.63. The molecule has 0 aliphatic rings. The maximum atomic E-state index is 5.36. The van der Waals surface area contributed by atoms with Gasteiger partial charge in [-0.1, -0.05) is 24.6 Å². The van der Waals surface area contributed by atoms with Crippen molar-refractivity contribution in [3.63, 3.8) is 0 Å². The zero-order chi connectivity index (χ0) is 6.57. The molecule has 0 fully saturated rings. The Balaban J connectivity index is 3.76. The first-order valence-corrected chi connectivity index (χ1v) is 2.70. The van der Waals surface area contributed by atoms with Gasteiger partial charge in [-0.25, -0.2) is 0 Å². The molecule has 0 spiro atoms. The fourth-order valence-corrected chi connectivity index (χ4v) is 0.298. The third-order valence-corrected chi connectivity index (χ3v) is 0.680. The Morgan fingerprint density at radius 3 is 1.75 bits per heavy atom. The van der Waals surface area contributed by atoms with E-state index in [0.717, 1.165) is 5.47 Å². The number of hydrogen-bond acceptors (Lipinski definition) is 0. The lowest BCUT2D eigenvalue weighted by Gasteiger charge is -1.84. The van der Waals surface area contributed by atoms with Gasteiger partial charge in [0, 0.05) is 0 Å². The molecule has 0 saturated carbocycles. The predicted molar refractivity (Wildman–Crippen MR) is 38.9 cm³/mol. The Morgan fingerprint density at radius 2 is 1.62 bits per heavy atom. The van der Waals surface area contributed by atoms with Crippen LogP contribution in [0.25, 0.3) is 0 Å². The van der Waals surface area contributed by atoms with Gasteiger partial charge in [0.25, 0.3) is 0 Å². The average molecular weight is 106 g/mol. The lowest BCUT2D eigenvalue weighted by Crippen LogP contribution is -1.68. The van der Waals surface area contributed by atoms with Gasteiger partial charge in [0.05, 0.1) is 0 Å². The number of hydrogen-bond donors (Lipinski definition) is 0. The molecule has 42 valence electrons. The highest BCUT2D eigenvalue weighted by Gasteiger charge is 1.71. The molecule has 0 aromatic heterocycles. The van der Waals surface area contributed by atoms with E-state index in [0.29, 0.717) is 0 Å². The van der Waals surface area contributed by atoms with Crippen LogP contribution in [0.3, 0.4) is 0 Å². The van der Waals surface area contributed by atoms with E-state index in [9.17, 15) is 0 Å². The Kier molecular flexibility index (Phi) is 3.33. The summed E-state index contributed by atoms with van der Waals surface area (Å²) in [5.74, 6) is 0. The predicted octanol–water partition coefficient (Wildman–Crippen LogP) is 2.02. The molecule has 0 atom stereocenters. The highest BCUT2D eigenvalue weighted by Crippen LogP contribution is 1.91. The summed E-state index contributed by atoms with van der Waals surface area (Å²) >= 11 is 0. The summed E-state index contributed by atoms with van der Waals surface area (Å²) in [4.78, 5) is 0. The summed E-state index contributed by atoms with van der Waals surface area (Å²) in [6, 6.07) is 0. The van der Waals surface area contributed by atoms with Gasteiger partial charge in [0.15, 0.2) is 0 Å². The summed E-state index contributed by atoms with van der Waals surface area (Å²) in [7, 11) is 5.36. The molecule has 0 aromatic carbocycles. The standard InChI is InChI=1S/C7H11B/c1-6(2)4-5-7(3)8/h4-5H,1-3H3/b7-5+. The highest BCUT2D eigenvalue weighted by molar-refractivity contribution is 6.21. The van der Waals surface area contributed by atoms with Crippen molar-refractivity contribution < 1.29 is 0 Å². The fourth-order valence-electron chi connectivity index (χ4n) is 0.298. The summed E-state index contributed by atoms with van der Waals surface area (Å²) in [5, 5.41) is 0. The van der Waals surface area contributed by atoms with Crippen molar-refractivity contribution in [2.75, 3.05) is 0 Å². The molecule has 0 rings (SSSR count). The highest BCUT2D eigenvalue weighted by atomic mass is 13.8. The molecule has 0 nitrogen and oxygen atoms in total. The van der Waals surface area contributed by atoms with Crippen LogP contribution < -0.4 is 0 Å². The second-order valence-corrected chi connectivity index (χ2v) is 2.15. The van der Waals surface area contributed by atoms with Gasteiger partial charge < -0.3 is 0 Å². The molecule has 0 aromatic rings. The van der Waals surface area contributed by atoms with E-state index in [-0.39, 0.29) is 0 Å². The van der Waals surface area contributed by atoms with Gasteiger partial charge in [-0.3, -0.25) is 0 Å². The van der Waals surface area contributed by atoms with Crippen LogP contribution in [0, 0.1) is 0 Å². The van der Waals surface area contributed by atoms with E-state index in [1.54, 1.807) is 0 Å². The lowest BCUT2D eigenvalue weighted by molar-refractivity contribution is 1.39. The van der Waals surface area contributed by atoms with Crippen LogP contribution in [-0.2, 0) is 0 Å². The van der Waals surface area contributed by atoms with Crippen molar-refractivity contribution in [3.8, 4) is 0 Å². The van der Waals surface area contributed by atoms with E-state index >= 15 is 0 Å². The molecule has 2 radical (unpaired) electrons. The van der Waals surface area contributed by atoms with E-state index < -0.39 is 0 Å². The van der Waals surface area contributed by atoms with Crippen molar-refractivity contribution in [1.82, 2.24) is 0 Å². The molecular weight excluding hydrogens is 94.9 g/mol. The van der Waals surface area contributed by atoms with E-state index in [2.05, 4.69) is 0 Å². The molecule has 0 amide bonds. The van der Waals surface area contributed by atoms with Crippen LogP contribution in [-0.4, -0.2) is 7.85 Å². The van der Waals surface area contributed by atoms with Crippen LogP contribution in [0.1, 0.15) is 20.8 Å². The largest absolute Gasteiger partial charge is 0.121 e. The zero-order valence-corrected chi connectivity index (χ0v) is 5.73. The second-order valence-electron chi connectivity index (χ2n) is 2.15. The van der Waals surface area contributed by atoms with Crippen molar-refractivity contribution >= 4 is 7.85 Å². The zero-order valence-electron chi connectivity index (χ0n) is 5.73. The van der Waals surface area contributed by atoms with Crippen molar-refractivity contribution in [2.24, 2.45) is 0 Å². The van der Waals surface area contributed by atoms with Gasteiger partial charge in [0.2, 0.25) is 0 Å². The second kappa shape index (κ2) is 3.53. The minimum absolute atomic E-state index is 0.853. The van der Waals surface area contributed by atoms with Crippen molar-refractivity contribution in [1.29, 1.82) is 0 Å². The third-order valence-electron chi connectivity index (χ3n) is 0.680. The van der Waals surface area contributed by atoms with E-state index in [1.165, 1.54) is 5.57 Å². The summed E-state index contributed by atoms with van der Waals surface area (Å²) in [6.07, 6.45) is 3.89. The smallest absolute Gasteiger partial charge is 0.107 e. The van der Waals surface area contributed by atoms with Crippen LogP contribution in [0.5, 0.6) is 0 Å². The lowest BCUT2D eigenvalue weighted by atomic mass is 9.97. The van der Waals surface area contributed by atoms with Crippen molar-refractivity contribution in [2.45, 2.75) is 20.8 Å². The minimum Gasteiger partial charge on any atom is -0.121 e. The Morgan fingerprint density at radius 1 is 1.12 bits per heavy atom. The molecule has 0 N–H and O–H groups in total. The van der Waals surface area contributed by atoms with Gasteiger partial charge in [0.1, 0.15) is 7.85 Å². The Hall–Kier alpha value is -0.455. The van der Waals surface area contributed by atoms with Crippen LogP contribution in [0.4, 0.5) is 0 Å². The SMILES string of the molecule is [B]/C(C)=C/C=C(C)C. The molecule has 0 heterocycles. The molecule has 1 heteroatoms. The molecule has 0 bridgehead atoms. The monoisotopic (exact) mass is 106 g/mol. The van der Waals surface area contributed by atoms with Gasteiger partial charge in [-0.15, -0.1) is 5.47 Å². The minimum atomic E-state index is 0.853. The molecule has 0 saturated heterocycles. The first-order valence-electron chi connectivity index (χ1n) is 2.70. The molecule has 8 heavy (non-hydrogen) atoms. The van der Waals surface area contributed by atoms with Gasteiger partial charge >= 0.3 is 0 Å². The first kappa shape index (κ1) is 7.54. The normalized spacial score (nSPS) is 11.1. The van der Waals surface area contributed by atoms with Crippen LogP contribution >= 0.6 is 0 Å². The van der Waals surface area contributed by atoms with Crippen LogP contribution in [0.15, 0.2) is 23.2 Å². The summed E-state index contributed by atoms with van der Waals surface area (Å²) < 4.78 is 0. The van der Waals surface area contributed by atoms with Gasteiger partial charge in [-0.2, -0.15) is 0 Å². The van der Waals surface area contributed by atoms with E-state index in [1.807, 2.05) is 32.9 Å². The maximum Gasteiger partial charge on any atom is 0.107 e. The average Bonchev–Trinajstić information content (AvgIpc) is 1.61. The molecular formula is C7H11B. The summed E-state index contributed by atoms with van der Waals surface area (Å²) in [6.45, 7) is 5.96. The van der Waals surface area contributed by atoms with E-state index in [4.69, 9.17) is 7.85 Å². The van der Waals surface area contributed by atoms with Crippen LogP contribution in [0.2, 0.25) is 0 Å².